The van der Waals surface area contributed by atoms with Gasteiger partial charge in [0.25, 0.3) is 0 Å². The second-order valence-electron chi connectivity index (χ2n) is 6.34. The van der Waals surface area contributed by atoms with Crippen molar-refractivity contribution in [2.45, 2.75) is 51.4 Å². The van der Waals surface area contributed by atoms with Crippen molar-refractivity contribution >= 4 is 11.3 Å². The van der Waals surface area contributed by atoms with Crippen LogP contribution in [0.3, 0.4) is 0 Å². The van der Waals surface area contributed by atoms with Crippen molar-refractivity contribution < 1.29 is 4.74 Å². The maximum Gasteiger partial charge on any atom is 0.0753 e. The lowest BCUT2D eigenvalue weighted by atomic mass is 10.1. The molecular formula is C15H24N2OS. The fourth-order valence-electron chi connectivity index (χ4n) is 2.60. The van der Waals surface area contributed by atoms with Crippen LogP contribution in [0.15, 0.2) is 12.1 Å². The summed E-state index contributed by atoms with van der Waals surface area (Å²) in [4.78, 5) is 5.45. The van der Waals surface area contributed by atoms with Crippen molar-refractivity contribution in [3.05, 3.63) is 21.9 Å². The molecule has 0 radical (unpaired) electrons. The van der Waals surface area contributed by atoms with E-state index >= 15 is 0 Å². The molecule has 3 rings (SSSR count). The van der Waals surface area contributed by atoms with E-state index in [-0.39, 0.29) is 5.60 Å². The highest BCUT2D eigenvalue weighted by atomic mass is 32.1. The molecule has 0 spiro atoms. The fraction of sp³-hybridized carbons (Fsp3) is 0.733. The Morgan fingerprint density at radius 1 is 1.37 bits per heavy atom. The first-order valence-electron chi connectivity index (χ1n) is 7.28. The van der Waals surface area contributed by atoms with Crippen molar-refractivity contribution in [3.8, 4) is 0 Å². The molecule has 2 heterocycles. The molecule has 1 aliphatic carbocycles. The zero-order chi connectivity index (χ0) is 13.3. The number of hydrogen-bond acceptors (Lipinski definition) is 4. The van der Waals surface area contributed by atoms with E-state index in [1.54, 1.807) is 0 Å². The van der Waals surface area contributed by atoms with Crippen LogP contribution in [0.5, 0.6) is 0 Å². The lowest BCUT2D eigenvalue weighted by Crippen LogP contribution is -2.47. The number of thiophene rings is 1. The van der Waals surface area contributed by atoms with Gasteiger partial charge in [0.05, 0.1) is 12.2 Å². The van der Waals surface area contributed by atoms with Crippen molar-refractivity contribution in [1.82, 2.24) is 10.2 Å². The van der Waals surface area contributed by atoms with Crippen molar-refractivity contribution in [2.24, 2.45) is 0 Å². The average Bonchev–Trinajstić information content (AvgIpc) is 3.06. The minimum Gasteiger partial charge on any atom is -0.373 e. The highest BCUT2D eigenvalue weighted by molar-refractivity contribution is 7.11. The molecule has 3 nitrogen and oxygen atoms in total. The smallest absolute Gasteiger partial charge is 0.0753 e. The van der Waals surface area contributed by atoms with Gasteiger partial charge in [-0.1, -0.05) is 0 Å². The van der Waals surface area contributed by atoms with E-state index < -0.39 is 0 Å². The van der Waals surface area contributed by atoms with Crippen LogP contribution in [0.2, 0.25) is 0 Å². The predicted molar refractivity (Wildman–Crippen MR) is 79.5 cm³/mol. The van der Waals surface area contributed by atoms with Crippen LogP contribution in [0.25, 0.3) is 0 Å². The first-order chi connectivity index (χ1) is 9.11. The number of ether oxygens (including phenoxy) is 1. The molecule has 0 atom stereocenters. The number of nitrogens with one attached hydrogen (secondary N) is 1. The minimum atomic E-state index is 0.00582. The molecule has 19 heavy (non-hydrogen) atoms. The monoisotopic (exact) mass is 280 g/mol. The summed E-state index contributed by atoms with van der Waals surface area (Å²) in [5, 5.41) is 3.58. The summed E-state index contributed by atoms with van der Waals surface area (Å²) in [6.07, 6.45) is 2.72. The van der Waals surface area contributed by atoms with Crippen LogP contribution < -0.4 is 5.32 Å². The highest BCUT2D eigenvalue weighted by Gasteiger charge is 2.27. The van der Waals surface area contributed by atoms with Gasteiger partial charge in [0.15, 0.2) is 0 Å². The zero-order valence-electron chi connectivity index (χ0n) is 11.9. The molecule has 1 N–H and O–H groups in total. The molecule has 2 aliphatic rings. The van der Waals surface area contributed by atoms with Crippen LogP contribution >= 0.6 is 11.3 Å². The number of nitrogens with zero attached hydrogens (tertiary/aromatic N) is 1. The van der Waals surface area contributed by atoms with Crippen LogP contribution in [-0.2, 0) is 17.8 Å². The Morgan fingerprint density at radius 3 is 2.89 bits per heavy atom. The third kappa shape index (κ3) is 4.02. The summed E-state index contributed by atoms with van der Waals surface area (Å²) in [6.45, 7) is 9.41. The first kappa shape index (κ1) is 13.6. The summed E-state index contributed by atoms with van der Waals surface area (Å²) in [7, 11) is 0. The van der Waals surface area contributed by atoms with E-state index in [4.69, 9.17) is 4.74 Å². The molecule has 1 aromatic heterocycles. The Bertz CT molecular complexity index is 426. The minimum absolute atomic E-state index is 0.00582. The topological polar surface area (TPSA) is 24.5 Å². The van der Waals surface area contributed by atoms with Crippen LogP contribution in [0.1, 0.15) is 36.4 Å². The van der Waals surface area contributed by atoms with E-state index in [9.17, 15) is 0 Å². The Morgan fingerprint density at radius 2 is 2.16 bits per heavy atom. The second kappa shape index (κ2) is 5.52. The molecule has 1 saturated heterocycles. The predicted octanol–water partition coefficient (Wildman–Crippen LogP) is 2.61. The van der Waals surface area contributed by atoms with Gasteiger partial charge < -0.3 is 10.1 Å². The molecule has 106 valence electrons. The molecule has 4 heteroatoms. The Hall–Kier alpha value is -0.420. The largest absolute Gasteiger partial charge is 0.373 e. The summed E-state index contributed by atoms with van der Waals surface area (Å²) in [6, 6.07) is 5.36. The highest BCUT2D eigenvalue weighted by Crippen LogP contribution is 2.24. The molecular weight excluding hydrogens is 256 g/mol. The van der Waals surface area contributed by atoms with Crippen molar-refractivity contribution in [3.63, 3.8) is 0 Å². The quantitative estimate of drug-likeness (QED) is 0.897. The molecule has 1 aromatic rings. The zero-order valence-corrected chi connectivity index (χ0v) is 12.8. The Labute approximate surface area is 119 Å². The van der Waals surface area contributed by atoms with Gasteiger partial charge in [0, 0.05) is 42.0 Å². The molecule has 1 saturated carbocycles. The maximum absolute atomic E-state index is 5.76. The van der Waals surface area contributed by atoms with Crippen LogP contribution in [0, 0.1) is 0 Å². The third-order valence-corrected chi connectivity index (χ3v) is 4.81. The van der Waals surface area contributed by atoms with Gasteiger partial charge in [-0.2, -0.15) is 0 Å². The van der Waals surface area contributed by atoms with Crippen LogP contribution in [-0.4, -0.2) is 36.2 Å². The normalized spacial score (nSPS) is 23.7. The third-order valence-electron chi connectivity index (χ3n) is 3.74. The molecule has 1 aliphatic heterocycles. The SMILES string of the molecule is CC1(C)CN(Cc2ccc(CNC3CC3)s2)CCO1. The van der Waals surface area contributed by atoms with E-state index in [0.717, 1.165) is 38.8 Å². The second-order valence-corrected chi connectivity index (χ2v) is 7.59. The Kier molecular flexibility index (Phi) is 3.94. The molecule has 0 bridgehead atoms. The summed E-state index contributed by atoms with van der Waals surface area (Å²) < 4.78 is 5.76. The number of rotatable bonds is 5. The van der Waals surface area contributed by atoms with E-state index in [1.807, 2.05) is 11.3 Å². The number of morpholine rings is 1. The van der Waals surface area contributed by atoms with Crippen molar-refractivity contribution in [2.75, 3.05) is 19.7 Å². The van der Waals surface area contributed by atoms with Crippen molar-refractivity contribution in [1.29, 1.82) is 0 Å². The lowest BCUT2D eigenvalue weighted by Gasteiger charge is -2.37. The van der Waals surface area contributed by atoms with Gasteiger partial charge in [0.2, 0.25) is 0 Å². The van der Waals surface area contributed by atoms with Gasteiger partial charge >= 0.3 is 0 Å². The number of hydrogen-bond donors (Lipinski definition) is 1. The average molecular weight is 280 g/mol. The molecule has 0 amide bonds. The molecule has 0 aromatic carbocycles. The standard InChI is InChI=1S/C15H24N2OS/c1-15(2)11-17(7-8-18-15)10-14-6-5-13(19-14)9-16-12-3-4-12/h5-6,12,16H,3-4,7-11H2,1-2H3. The van der Waals surface area contributed by atoms with Gasteiger partial charge in [-0.3, -0.25) is 4.90 Å². The summed E-state index contributed by atoms with van der Waals surface area (Å²) in [5.41, 5.74) is 0.00582. The van der Waals surface area contributed by atoms with Crippen LogP contribution in [0.4, 0.5) is 0 Å². The van der Waals surface area contributed by atoms with Gasteiger partial charge in [-0.25, -0.2) is 0 Å². The fourth-order valence-corrected chi connectivity index (χ4v) is 3.62. The van der Waals surface area contributed by atoms with Gasteiger partial charge in [-0.05, 0) is 38.8 Å². The molecule has 0 unspecified atom stereocenters. The molecule has 2 fully saturated rings. The Balaban J connectivity index is 1.51. The van der Waals surface area contributed by atoms with E-state index in [0.29, 0.717) is 0 Å². The van der Waals surface area contributed by atoms with E-state index in [1.165, 1.54) is 22.6 Å². The summed E-state index contributed by atoms with van der Waals surface area (Å²) >= 11 is 1.95. The first-order valence-corrected chi connectivity index (χ1v) is 8.10. The summed E-state index contributed by atoms with van der Waals surface area (Å²) in [5.74, 6) is 0. The van der Waals surface area contributed by atoms with Gasteiger partial charge in [-0.15, -0.1) is 11.3 Å². The van der Waals surface area contributed by atoms with Gasteiger partial charge in [0.1, 0.15) is 0 Å². The lowest BCUT2D eigenvalue weighted by molar-refractivity contribution is -0.0880. The van der Waals surface area contributed by atoms with E-state index in [2.05, 4.69) is 36.2 Å². The maximum atomic E-state index is 5.76.